The van der Waals surface area contributed by atoms with E-state index < -0.39 is 5.97 Å². The predicted molar refractivity (Wildman–Crippen MR) is 96.1 cm³/mol. The van der Waals surface area contributed by atoms with Gasteiger partial charge in [-0.2, -0.15) is 0 Å². The Morgan fingerprint density at radius 1 is 1.24 bits per heavy atom. The minimum atomic E-state index is -0.432. The first kappa shape index (κ1) is 17.2. The Morgan fingerprint density at radius 3 is 2.68 bits per heavy atom. The van der Waals surface area contributed by atoms with E-state index in [-0.39, 0.29) is 11.5 Å². The van der Waals surface area contributed by atoms with E-state index in [2.05, 4.69) is 15.9 Å². The average Bonchev–Trinajstić information content (AvgIpc) is 2.83. The lowest BCUT2D eigenvalue weighted by Gasteiger charge is -2.06. The number of esters is 1. The van der Waals surface area contributed by atoms with Gasteiger partial charge in [-0.05, 0) is 42.8 Å². The molecule has 3 rings (SSSR count). The second-order valence-electron chi connectivity index (χ2n) is 5.53. The fraction of sp³-hybridized carbons (Fsp3) is 0.158. The van der Waals surface area contributed by atoms with Crippen LogP contribution in [0.4, 0.5) is 0 Å². The van der Waals surface area contributed by atoms with E-state index >= 15 is 0 Å². The molecule has 2 aromatic rings. The molecule has 0 saturated carbocycles. The fourth-order valence-electron chi connectivity index (χ4n) is 2.66. The van der Waals surface area contributed by atoms with Crippen molar-refractivity contribution >= 4 is 33.8 Å². The number of allylic oxidation sites excluding steroid dienone is 1. The molecule has 1 aliphatic heterocycles. The number of ether oxygens (including phenoxy) is 3. The number of carbonyl (C=O) groups is 2. The van der Waals surface area contributed by atoms with Gasteiger partial charge in [-0.15, -0.1) is 0 Å². The van der Waals surface area contributed by atoms with E-state index in [9.17, 15) is 9.59 Å². The second-order valence-corrected chi connectivity index (χ2v) is 6.45. The topological polar surface area (TPSA) is 61.8 Å². The number of aryl methyl sites for hydroxylation is 1. The Balaban J connectivity index is 2.02. The maximum atomic E-state index is 12.7. The maximum Gasteiger partial charge on any atom is 0.308 e. The molecular weight excluding hydrogens is 388 g/mol. The molecule has 0 spiro atoms. The molecule has 0 unspecified atom stereocenters. The molecule has 0 amide bonds. The van der Waals surface area contributed by atoms with Crippen LogP contribution in [0, 0.1) is 6.92 Å². The first-order valence-electron chi connectivity index (χ1n) is 7.50. The van der Waals surface area contributed by atoms with Crippen molar-refractivity contribution < 1.29 is 23.8 Å². The van der Waals surface area contributed by atoms with Crippen LogP contribution in [0.1, 0.15) is 28.4 Å². The number of hydrogen-bond acceptors (Lipinski definition) is 5. The van der Waals surface area contributed by atoms with Crippen molar-refractivity contribution in [3.8, 4) is 17.2 Å². The number of benzene rings is 2. The van der Waals surface area contributed by atoms with Crippen LogP contribution in [0.3, 0.4) is 0 Å². The van der Waals surface area contributed by atoms with Gasteiger partial charge in [0.05, 0.1) is 12.7 Å². The van der Waals surface area contributed by atoms with Crippen LogP contribution >= 0.6 is 15.9 Å². The average molecular weight is 403 g/mol. The van der Waals surface area contributed by atoms with Gasteiger partial charge in [0.2, 0.25) is 5.78 Å². The fourth-order valence-corrected chi connectivity index (χ4v) is 3.04. The zero-order valence-electron chi connectivity index (χ0n) is 13.9. The first-order chi connectivity index (χ1) is 11.9. The summed E-state index contributed by atoms with van der Waals surface area (Å²) in [6.45, 7) is 3.09. The second kappa shape index (κ2) is 6.72. The molecule has 25 heavy (non-hydrogen) atoms. The number of rotatable bonds is 3. The summed E-state index contributed by atoms with van der Waals surface area (Å²) >= 11 is 3.40. The summed E-state index contributed by atoms with van der Waals surface area (Å²) < 4.78 is 17.0. The molecule has 128 valence electrons. The number of hydrogen-bond donors (Lipinski definition) is 0. The van der Waals surface area contributed by atoms with Gasteiger partial charge in [0.15, 0.2) is 5.76 Å². The summed E-state index contributed by atoms with van der Waals surface area (Å²) in [6, 6.07) is 8.67. The molecule has 0 fully saturated rings. The molecule has 0 saturated heterocycles. The molecule has 0 bridgehead atoms. The summed E-state index contributed by atoms with van der Waals surface area (Å²) in [6.07, 6.45) is 1.64. The molecule has 5 nitrogen and oxygen atoms in total. The molecule has 0 atom stereocenters. The number of carbonyl (C=O) groups excluding carboxylic acids is 2. The van der Waals surface area contributed by atoms with Crippen LogP contribution in [-0.2, 0) is 4.79 Å². The summed E-state index contributed by atoms with van der Waals surface area (Å²) in [5.74, 6) is 0.886. The number of ketones is 1. The van der Waals surface area contributed by atoms with Crippen molar-refractivity contribution in [2.24, 2.45) is 0 Å². The van der Waals surface area contributed by atoms with Crippen LogP contribution in [0.25, 0.3) is 6.08 Å². The van der Waals surface area contributed by atoms with Gasteiger partial charge in [0.25, 0.3) is 0 Å². The number of halogens is 1. The van der Waals surface area contributed by atoms with Gasteiger partial charge in [-0.1, -0.05) is 15.9 Å². The SMILES string of the molecule is COc1ccc(Br)cc1/C=C1\Oc2cc(OC(C)=O)cc(C)c2C1=O. The normalized spacial score (nSPS) is 14.2. The lowest BCUT2D eigenvalue weighted by atomic mass is 10.0. The van der Waals surface area contributed by atoms with E-state index in [1.54, 1.807) is 38.3 Å². The lowest BCUT2D eigenvalue weighted by Crippen LogP contribution is -2.02. The number of Topliss-reactive ketones (excluding diaryl/α,β-unsaturated/α-hetero) is 1. The van der Waals surface area contributed by atoms with E-state index in [0.717, 1.165) is 4.47 Å². The van der Waals surface area contributed by atoms with Crippen LogP contribution < -0.4 is 14.2 Å². The standard InChI is InChI=1S/C19H15BrO5/c1-10-6-14(24-11(2)21)9-16-18(10)19(22)17(25-16)8-12-7-13(20)4-5-15(12)23-3/h4-9H,1-3H3/b17-8-. The third-order valence-electron chi connectivity index (χ3n) is 3.68. The predicted octanol–water partition coefficient (Wildman–Crippen LogP) is 4.31. The first-order valence-corrected chi connectivity index (χ1v) is 8.29. The quantitative estimate of drug-likeness (QED) is 0.434. The monoisotopic (exact) mass is 402 g/mol. The molecular formula is C19H15BrO5. The van der Waals surface area contributed by atoms with E-state index in [1.165, 1.54) is 6.92 Å². The zero-order chi connectivity index (χ0) is 18.1. The molecule has 1 heterocycles. The highest BCUT2D eigenvalue weighted by Crippen LogP contribution is 2.38. The van der Waals surface area contributed by atoms with Crippen molar-refractivity contribution in [2.45, 2.75) is 13.8 Å². The van der Waals surface area contributed by atoms with Gasteiger partial charge in [0.1, 0.15) is 17.2 Å². The van der Waals surface area contributed by atoms with Gasteiger partial charge in [-0.25, -0.2) is 0 Å². The Hall–Kier alpha value is -2.60. The summed E-state index contributed by atoms with van der Waals surface area (Å²) in [7, 11) is 1.56. The van der Waals surface area contributed by atoms with E-state index in [1.807, 2.05) is 12.1 Å². The Labute approximate surface area is 153 Å². The van der Waals surface area contributed by atoms with Crippen LogP contribution in [0.2, 0.25) is 0 Å². The summed E-state index contributed by atoms with van der Waals surface area (Å²) in [5, 5.41) is 0. The molecule has 0 radical (unpaired) electrons. The highest BCUT2D eigenvalue weighted by molar-refractivity contribution is 9.10. The maximum absolute atomic E-state index is 12.7. The molecule has 0 N–H and O–H groups in total. The van der Waals surface area contributed by atoms with Crippen molar-refractivity contribution in [2.75, 3.05) is 7.11 Å². The van der Waals surface area contributed by atoms with E-state index in [4.69, 9.17) is 14.2 Å². The molecule has 0 aromatic heterocycles. The third kappa shape index (κ3) is 3.44. The van der Waals surface area contributed by atoms with Crippen molar-refractivity contribution in [3.05, 3.63) is 57.3 Å². The van der Waals surface area contributed by atoms with Crippen LogP contribution in [-0.4, -0.2) is 18.9 Å². The number of fused-ring (bicyclic) bond motifs is 1. The Bertz CT molecular complexity index is 914. The number of methoxy groups -OCH3 is 1. The Morgan fingerprint density at radius 2 is 2.00 bits per heavy atom. The minimum Gasteiger partial charge on any atom is -0.496 e. The van der Waals surface area contributed by atoms with Gasteiger partial charge in [0, 0.05) is 23.0 Å². The lowest BCUT2D eigenvalue weighted by molar-refractivity contribution is -0.131. The highest BCUT2D eigenvalue weighted by atomic mass is 79.9. The zero-order valence-corrected chi connectivity index (χ0v) is 15.5. The summed E-state index contributed by atoms with van der Waals surface area (Å²) in [4.78, 5) is 23.8. The largest absolute Gasteiger partial charge is 0.496 e. The van der Waals surface area contributed by atoms with Crippen LogP contribution in [0.15, 0.2) is 40.6 Å². The van der Waals surface area contributed by atoms with Crippen LogP contribution in [0.5, 0.6) is 17.2 Å². The highest BCUT2D eigenvalue weighted by Gasteiger charge is 2.30. The van der Waals surface area contributed by atoms with Crippen molar-refractivity contribution in [1.82, 2.24) is 0 Å². The third-order valence-corrected chi connectivity index (χ3v) is 4.18. The minimum absolute atomic E-state index is 0.189. The van der Waals surface area contributed by atoms with E-state index in [0.29, 0.717) is 33.9 Å². The smallest absolute Gasteiger partial charge is 0.308 e. The van der Waals surface area contributed by atoms with Crippen molar-refractivity contribution in [1.29, 1.82) is 0 Å². The summed E-state index contributed by atoms with van der Waals surface area (Å²) in [5.41, 5.74) is 1.87. The molecule has 1 aliphatic rings. The molecule has 0 aliphatic carbocycles. The van der Waals surface area contributed by atoms with Gasteiger partial charge in [-0.3, -0.25) is 9.59 Å². The molecule has 6 heteroatoms. The van der Waals surface area contributed by atoms with Gasteiger partial charge >= 0.3 is 5.97 Å². The molecule has 2 aromatic carbocycles. The Kier molecular flexibility index (Phi) is 4.63. The van der Waals surface area contributed by atoms with Crippen molar-refractivity contribution in [3.63, 3.8) is 0 Å². The van der Waals surface area contributed by atoms with Gasteiger partial charge < -0.3 is 14.2 Å².